The number of amides is 2. The van der Waals surface area contributed by atoms with E-state index < -0.39 is 12.0 Å². The summed E-state index contributed by atoms with van der Waals surface area (Å²) in [6, 6.07) is 8.12. The SMILES string of the molecule is COC(=O)c1ccc(Cl)c(NC(=O)NCCOc2cc(C)c(C)cc2C)c1. The monoisotopic (exact) mass is 390 g/mol. The molecule has 2 aromatic carbocycles. The molecule has 0 saturated carbocycles. The molecule has 2 amide bonds. The number of carbonyl (C=O) groups excluding carboxylic acids is 2. The zero-order valence-electron chi connectivity index (χ0n) is 15.8. The Morgan fingerprint density at radius 1 is 1.04 bits per heavy atom. The summed E-state index contributed by atoms with van der Waals surface area (Å²) in [4.78, 5) is 23.6. The Labute approximate surface area is 163 Å². The number of rotatable bonds is 6. The minimum Gasteiger partial charge on any atom is -0.491 e. The molecule has 2 N–H and O–H groups in total. The highest BCUT2D eigenvalue weighted by atomic mass is 35.5. The number of halogens is 1. The summed E-state index contributed by atoms with van der Waals surface area (Å²) in [5, 5.41) is 5.62. The maximum atomic E-state index is 12.0. The average molecular weight is 391 g/mol. The first kappa shape index (κ1) is 20.6. The van der Waals surface area contributed by atoms with Crippen molar-refractivity contribution in [1.29, 1.82) is 0 Å². The third-order valence-corrected chi connectivity index (χ3v) is 4.40. The summed E-state index contributed by atoms with van der Waals surface area (Å²) >= 11 is 6.06. The summed E-state index contributed by atoms with van der Waals surface area (Å²) in [6.07, 6.45) is 0. The average Bonchev–Trinajstić information content (AvgIpc) is 2.63. The van der Waals surface area contributed by atoms with Crippen molar-refractivity contribution in [2.75, 3.05) is 25.6 Å². The highest BCUT2D eigenvalue weighted by Crippen LogP contribution is 2.24. The maximum Gasteiger partial charge on any atom is 0.337 e. The van der Waals surface area contributed by atoms with Crippen LogP contribution in [0.2, 0.25) is 5.02 Å². The van der Waals surface area contributed by atoms with Gasteiger partial charge in [-0.15, -0.1) is 0 Å². The fourth-order valence-electron chi connectivity index (χ4n) is 2.45. The number of esters is 1. The third-order valence-electron chi connectivity index (χ3n) is 4.07. The first-order valence-electron chi connectivity index (χ1n) is 8.45. The number of methoxy groups -OCH3 is 1. The van der Waals surface area contributed by atoms with Crippen LogP contribution >= 0.6 is 11.6 Å². The van der Waals surface area contributed by atoms with Gasteiger partial charge in [0.2, 0.25) is 0 Å². The Balaban J connectivity index is 1.86. The van der Waals surface area contributed by atoms with Crippen LogP contribution in [-0.4, -0.2) is 32.3 Å². The van der Waals surface area contributed by atoms with Crippen molar-refractivity contribution in [1.82, 2.24) is 5.32 Å². The molecule has 0 spiro atoms. The number of carbonyl (C=O) groups is 2. The number of anilines is 1. The van der Waals surface area contributed by atoms with E-state index in [0.29, 0.717) is 29.4 Å². The zero-order valence-corrected chi connectivity index (χ0v) is 16.6. The van der Waals surface area contributed by atoms with Crippen molar-refractivity contribution in [3.63, 3.8) is 0 Å². The number of aryl methyl sites for hydroxylation is 3. The van der Waals surface area contributed by atoms with Crippen molar-refractivity contribution in [3.8, 4) is 5.75 Å². The van der Waals surface area contributed by atoms with E-state index in [1.165, 1.54) is 30.9 Å². The molecule has 0 saturated heterocycles. The van der Waals surface area contributed by atoms with Crippen LogP contribution in [0, 0.1) is 20.8 Å². The second kappa shape index (κ2) is 9.28. The molecule has 0 aliphatic carbocycles. The van der Waals surface area contributed by atoms with Crippen LogP contribution in [-0.2, 0) is 4.74 Å². The number of ether oxygens (including phenoxy) is 2. The Morgan fingerprint density at radius 3 is 2.44 bits per heavy atom. The van der Waals surface area contributed by atoms with E-state index in [0.717, 1.165) is 16.9 Å². The predicted octanol–water partition coefficient (Wildman–Crippen LogP) is 4.25. The number of hydrogen-bond donors (Lipinski definition) is 2. The molecule has 0 fully saturated rings. The normalized spacial score (nSPS) is 10.3. The van der Waals surface area contributed by atoms with Gasteiger partial charge >= 0.3 is 12.0 Å². The minimum atomic E-state index is -0.507. The first-order chi connectivity index (χ1) is 12.8. The predicted molar refractivity (Wildman–Crippen MR) is 106 cm³/mol. The molecule has 7 heteroatoms. The maximum absolute atomic E-state index is 12.0. The van der Waals surface area contributed by atoms with E-state index in [2.05, 4.69) is 28.4 Å². The molecule has 144 valence electrons. The molecule has 0 unspecified atom stereocenters. The first-order valence-corrected chi connectivity index (χ1v) is 8.83. The van der Waals surface area contributed by atoms with Crippen LogP contribution < -0.4 is 15.4 Å². The van der Waals surface area contributed by atoms with Crippen LogP contribution in [0.15, 0.2) is 30.3 Å². The quantitative estimate of drug-likeness (QED) is 0.571. The van der Waals surface area contributed by atoms with Gasteiger partial charge < -0.3 is 20.1 Å². The number of urea groups is 1. The molecule has 0 aliphatic heterocycles. The summed E-state index contributed by atoms with van der Waals surface area (Å²) in [5.41, 5.74) is 4.03. The van der Waals surface area contributed by atoms with Crippen LogP contribution in [0.4, 0.5) is 10.5 Å². The smallest absolute Gasteiger partial charge is 0.337 e. The second-order valence-electron chi connectivity index (χ2n) is 6.12. The lowest BCUT2D eigenvalue weighted by atomic mass is 10.1. The van der Waals surface area contributed by atoms with Crippen LogP contribution in [0.25, 0.3) is 0 Å². The second-order valence-corrected chi connectivity index (χ2v) is 6.52. The van der Waals surface area contributed by atoms with Gasteiger partial charge in [0.05, 0.1) is 29.9 Å². The fraction of sp³-hybridized carbons (Fsp3) is 0.300. The Morgan fingerprint density at radius 2 is 1.74 bits per heavy atom. The molecular weight excluding hydrogens is 368 g/mol. The van der Waals surface area contributed by atoms with Gasteiger partial charge in [-0.1, -0.05) is 17.7 Å². The molecule has 0 aromatic heterocycles. The highest BCUT2D eigenvalue weighted by Gasteiger charge is 2.11. The van der Waals surface area contributed by atoms with Crippen LogP contribution in [0.3, 0.4) is 0 Å². The molecule has 2 rings (SSSR count). The van der Waals surface area contributed by atoms with E-state index in [-0.39, 0.29) is 0 Å². The standard InChI is InChI=1S/C20H23ClN2O4/c1-12-9-14(3)18(10-13(12)2)27-8-7-22-20(25)23-17-11-15(19(24)26-4)5-6-16(17)21/h5-6,9-11H,7-8H2,1-4H3,(H2,22,23,25). The lowest BCUT2D eigenvalue weighted by Gasteiger charge is -2.13. The van der Waals surface area contributed by atoms with E-state index in [1.54, 1.807) is 0 Å². The van der Waals surface area contributed by atoms with Gasteiger partial charge in [0, 0.05) is 0 Å². The largest absolute Gasteiger partial charge is 0.491 e. The van der Waals surface area contributed by atoms with Gasteiger partial charge in [-0.2, -0.15) is 0 Å². The molecule has 6 nitrogen and oxygen atoms in total. The van der Waals surface area contributed by atoms with Crippen molar-refractivity contribution < 1.29 is 19.1 Å². The van der Waals surface area contributed by atoms with Crippen LogP contribution in [0.5, 0.6) is 5.75 Å². The van der Waals surface area contributed by atoms with Gasteiger partial charge in [0.25, 0.3) is 0 Å². The van der Waals surface area contributed by atoms with Crippen molar-refractivity contribution >= 4 is 29.3 Å². The van der Waals surface area contributed by atoms with E-state index >= 15 is 0 Å². The molecule has 0 radical (unpaired) electrons. The summed E-state index contributed by atoms with van der Waals surface area (Å²) in [5.74, 6) is 0.293. The molecular formula is C20H23ClN2O4. The Hall–Kier alpha value is -2.73. The molecule has 0 aliphatic rings. The lowest BCUT2D eigenvalue weighted by Crippen LogP contribution is -2.32. The number of hydrogen-bond acceptors (Lipinski definition) is 4. The summed E-state index contributed by atoms with van der Waals surface area (Å²) < 4.78 is 10.4. The van der Waals surface area contributed by atoms with Crippen molar-refractivity contribution in [2.45, 2.75) is 20.8 Å². The molecule has 0 heterocycles. The highest BCUT2D eigenvalue weighted by molar-refractivity contribution is 6.33. The fourth-order valence-corrected chi connectivity index (χ4v) is 2.61. The molecule has 27 heavy (non-hydrogen) atoms. The summed E-state index contributed by atoms with van der Waals surface area (Å²) in [7, 11) is 1.29. The van der Waals surface area contributed by atoms with Gasteiger partial charge in [0.1, 0.15) is 12.4 Å². The Kier molecular flexibility index (Phi) is 7.07. The van der Waals surface area contributed by atoms with E-state index in [4.69, 9.17) is 16.3 Å². The lowest BCUT2D eigenvalue weighted by molar-refractivity contribution is 0.0600. The minimum absolute atomic E-state index is 0.297. The van der Waals surface area contributed by atoms with E-state index in [9.17, 15) is 9.59 Å². The zero-order chi connectivity index (χ0) is 20.0. The molecule has 2 aromatic rings. The topological polar surface area (TPSA) is 76.7 Å². The summed E-state index contributed by atoms with van der Waals surface area (Å²) in [6.45, 7) is 6.70. The van der Waals surface area contributed by atoms with E-state index in [1.807, 2.05) is 19.9 Å². The van der Waals surface area contributed by atoms with Crippen molar-refractivity contribution in [2.24, 2.45) is 0 Å². The third kappa shape index (κ3) is 5.62. The van der Waals surface area contributed by atoms with Crippen LogP contribution in [0.1, 0.15) is 27.0 Å². The number of benzene rings is 2. The van der Waals surface area contributed by atoms with Gasteiger partial charge in [-0.25, -0.2) is 9.59 Å². The molecule has 0 bridgehead atoms. The van der Waals surface area contributed by atoms with Crippen molar-refractivity contribution in [3.05, 3.63) is 57.6 Å². The van der Waals surface area contributed by atoms with Gasteiger partial charge in [-0.05, 0) is 61.7 Å². The Bertz CT molecular complexity index is 852. The molecule has 0 atom stereocenters. The van der Waals surface area contributed by atoms with Gasteiger partial charge in [0.15, 0.2) is 0 Å². The number of nitrogens with one attached hydrogen (secondary N) is 2. The van der Waals surface area contributed by atoms with Gasteiger partial charge in [-0.3, -0.25) is 0 Å².